The van der Waals surface area contributed by atoms with Crippen molar-refractivity contribution in [1.29, 1.82) is 0 Å². The first-order valence-corrected chi connectivity index (χ1v) is 5.07. The zero-order valence-electron chi connectivity index (χ0n) is 11.0. The van der Waals surface area contributed by atoms with Gasteiger partial charge in [-0.25, -0.2) is 0 Å². The van der Waals surface area contributed by atoms with Gasteiger partial charge >= 0.3 is 11.9 Å². The number of carboxylic acids is 2. The number of hydrogen-bond donors (Lipinski definition) is 4. The van der Waals surface area contributed by atoms with Crippen LogP contribution in [0.15, 0.2) is 0 Å². The van der Waals surface area contributed by atoms with Crippen LogP contribution in [0.25, 0.3) is 0 Å². The summed E-state index contributed by atoms with van der Waals surface area (Å²) in [6.45, 7) is 5.37. The molecule has 0 aliphatic carbocycles. The molecule has 0 heterocycles. The molecule has 0 aliphatic heterocycles. The maximum absolute atomic E-state index is 10.2. The molecule has 0 rings (SSSR count). The summed E-state index contributed by atoms with van der Waals surface area (Å²) in [6, 6.07) is -1.58. The molecule has 0 saturated heterocycles. The number of carbonyl (C=O) groups is 4. The Hall–Kier alpha value is -1.60. The monoisotopic (exact) mass is 325 g/mol. The summed E-state index contributed by atoms with van der Waals surface area (Å²) in [5, 5.41) is 20.8. The maximum Gasteiger partial charge on any atom is 0.325 e. The van der Waals surface area contributed by atoms with Crippen molar-refractivity contribution < 1.29 is 46.5 Å². The van der Waals surface area contributed by atoms with Gasteiger partial charge in [0.2, 0.25) is 11.8 Å². The van der Waals surface area contributed by atoms with E-state index in [1.807, 2.05) is 0 Å². The number of carboxylic acid groups (broad SMARTS) is 2. The second kappa shape index (κ2) is 11.5. The zero-order chi connectivity index (χ0) is 14.9. The van der Waals surface area contributed by atoms with Gasteiger partial charge < -0.3 is 20.8 Å². The Morgan fingerprint density at radius 1 is 0.789 bits per heavy atom. The number of nitrogens with one attached hydrogen (secondary N) is 2. The van der Waals surface area contributed by atoms with Crippen LogP contribution in [0.3, 0.4) is 0 Å². The van der Waals surface area contributed by atoms with Gasteiger partial charge in [0.1, 0.15) is 12.1 Å². The van der Waals surface area contributed by atoms with E-state index in [1.165, 1.54) is 27.7 Å². The van der Waals surface area contributed by atoms with E-state index in [9.17, 15) is 19.2 Å². The quantitative estimate of drug-likeness (QED) is 0.500. The van der Waals surface area contributed by atoms with E-state index in [1.54, 1.807) is 0 Å². The van der Waals surface area contributed by atoms with Crippen LogP contribution >= 0.6 is 0 Å². The molecule has 9 heteroatoms. The summed E-state index contributed by atoms with van der Waals surface area (Å²) in [5.41, 5.74) is 0. The fraction of sp³-hybridized carbons (Fsp3) is 0.600. The van der Waals surface area contributed by atoms with Crippen LogP contribution in [0, 0.1) is 0 Å². The second-order valence-corrected chi connectivity index (χ2v) is 3.52. The Kier molecular flexibility index (Phi) is 13.6. The average Bonchev–Trinajstić information content (AvgIpc) is 2.16. The summed E-state index contributed by atoms with van der Waals surface area (Å²) in [6.07, 6.45) is 0. The fourth-order valence-corrected chi connectivity index (χ4v) is 0.733. The molecule has 0 aromatic rings. The van der Waals surface area contributed by atoms with Gasteiger partial charge in [-0.05, 0) is 13.8 Å². The first-order valence-electron chi connectivity index (χ1n) is 5.07. The van der Waals surface area contributed by atoms with Crippen molar-refractivity contribution in [3.05, 3.63) is 0 Å². The summed E-state index contributed by atoms with van der Waals surface area (Å²) < 4.78 is 0. The van der Waals surface area contributed by atoms with Crippen molar-refractivity contribution in [2.24, 2.45) is 0 Å². The molecule has 0 aromatic heterocycles. The van der Waals surface area contributed by atoms with Crippen LogP contribution in [-0.4, -0.2) is 46.0 Å². The first kappa shape index (κ1) is 22.6. The minimum Gasteiger partial charge on any atom is -0.480 e. The molecule has 0 bridgehead atoms. The molecule has 115 valence electrons. The molecule has 8 nitrogen and oxygen atoms in total. The Labute approximate surface area is 121 Å². The topological polar surface area (TPSA) is 133 Å². The van der Waals surface area contributed by atoms with Crippen LogP contribution < -0.4 is 10.6 Å². The summed E-state index contributed by atoms with van der Waals surface area (Å²) >= 11 is 0. The number of aliphatic carboxylic acids is 2. The molecular weight excluding hydrogens is 308 g/mol. The van der Waals surface area contributed by atoms with Gasteiger partial charge in [-0.3, -0.25) is 19.2 Å². The Bertz CT molecular complexity index is 302. The van der Waals surface area contributed by atoms with Gasteiger partial charge in [0, 0.05) is 30.9 Å². The van der Waals surface area contributed by atoms with Crippen LogP contribution in [0.4, 0.5) is 0 Å². The van der Waals surface area contributed by atoms with E-state index in [-0.39, 0.29) is 28.9 Å². The van der Waals surface area contributed by atoms with Crippen LogP contribution in [0.5, 0.6) is 0 Å². The van der Waals surface area contributed by atoms with Crippen molar-refractivity contribution in [2.75, 3.05) is 0 Å². The van der Waals surface area contributed by atoms with Crippen LogP contribution in [-0.2, 0) is 36.2 Å². The molecule has 0 unspecified atom stereocenters. The normalized spacial score (nSPS) is 11.6. The number of amides is 2. The predicted molar refractivity (Wildman–Crippen MR) is 61.8 cm³/mol. The van der Waals surface area contributed by atoms with Gasteiger partial charge in [-0.1, -0.05) is 0 Å². The Morgan fingerprint density at radius 3 is 1.05 bits per heavy atom. The second-order valence-electron chi connectivity index (χ2n) is 3.52. The summed E-state index contributed by atoms with van der Waals surface area (Å²) in [7, 11) is 0. The van der Waals surface area contributed by atoms with E-state index in [2.05, 4.69) is 10.6 Å². The predicted octanol–water partition coefficient (Wildman–Crippen LogP) is -0.811. The molecule has 0 aliphatic rings. The third kappa shape index (κ3) is 16.4. The SMILES string of the molecule is CC(=O)N[C@@H](C)C(=O)O.CC(=O)N[C@@H](C)C(=O)O.[Cu]. The van der Waals surface area contributed by atoms with Crippen molar-refractivity contribution in [3.8, 4) is 0 Å². The molecular formula is C10H18CuN2O6. The number of carbonyl (C=O) groups excluding carboxylic acids is 2. The zero-order valence-corrected chi connectivity index (χ0v) is 11.9. The first-order chi connectivity index (χ1) is 8.07. The van der Waals surface area contributed by atoms with Crippen LogP contribution in [0.2, 0.25) is 0 Å². The molecule has 0 saturated carbocycles. The summed E-state index contributed by atoms with van der Waals surface area (Å²) in [5.74, 6) is -2.70. The van der Waals surface area contributed by atoms with E-state index in [0.29, 0.717) is 0 Å². The molecule has 0 aromatic carbocycles. The van der Waals surface area contributed by atoms with E-state index >= 15 is 0 Å². The molecule has 19 heavy (non-hydrogen) atoms. The third-order valence-electron chi connectivity index (χ3n) is 1.58. The molecule has 2 atom stereocenters. The van der Waals surface area contributed by atoms with E-state index in [4.69, 9.17) is 10.2 Å². The molecule has 1 radical (unpaired) electrons. The van der Waals surface area contributed by atoms with Crippen molar-refractivity contribution in [3.63, 3.8) is 0 Å². The van der Waals surface area contributed by atoms with E-state index < -0.39 is 24.0 Å². The van der Waals surface area contributed by atoms with E-state index in [0.717, 1.165) is 0 Å². The largest absolute Gasteiger partial charge is 0.480 e. The van der Waals surface area contributed by atoms with Gasteiger partial charge in [-0.2, -0.15) is 0 Å². The maximum atomic E-state index is 10.2. The fourth-order valence-electron chi connectivity index (χ4n) is 0.733. The molecule has 0 fully saturated rings. The third-order valence-corrected chi connectivity index (χ3v) is 1.58. The van der Waals surface area contributed by atoms with Gasteiger partial charge in [0.05, 0.1) is 0 Å². The van der Waals surface area contributed by atoms with Gasteiger partial charge in [0.25, 0.3) is 0 Å². The van der Waals surface area contributed by atoms with Gasteiger partial charge in [-0.15, -0.1) is 0 Å². The van der Waals surface area contributed by atoms with Crippen molar-refractivity contribution >= 4 is 23.8 Å². The van der Waals surface area contributed by atoms with Crippen molar-refractivity contribution in [1.82, 2.24) is 10.6 Å². The Morgan fingerprint density at radius 2 is 1.00 bits per heavy atom. The summed E-state index contributed by atoms with van der Waals surface area (Å²) in [4.78, 5) is 40.4. The minimum absolute atomic E-state index is 0. The van der Waals surface area contributed by atoms with Gasteiger partial charge in [0.15, 0.2) is 0 Å². The van der Waals surface area contributed by atoms with Crippen molar-refractivity contribution in [2.45, 2.75) is 39.8 Å². The molecule has 2 amide bonds. The molecule has 4 N–H and O–H groups in total. The smallest absolute Gasteiger partial charge is 0.325 e. The Balaban J connectivity index is -0.000000256. The molecule has 0 spiro atoms. The number of hydrogen-bond acceptors (Lipinski definition) is 4. The average molecular weight is 326 g/mol. The number of rotatable bonds is 4. The standard InChI is InChI=1S/2C5H9NO3.Cu/c2*1-3(5(8)9)6-4(2)7;/h2*3H,1-2H3,(H,6,7)(H,8,9);/t2*3-;/m00./s1. The van der Waals surface area contributed by atoms with Crippen LogP contribution in [0.1, 0.15) is 27.7 Å². The minimum atomic E-state index is -1.02.